The van der Waals surface area contributed by atoms with Gasteiger partial charge in [-0.05, 0) is 78.7 Å². The summed E-state index contributed by atoms with van der Waals surface area (Å²) in [5.74, 6) is -6.30. The summed E-state index contributed by atoms with van der Waals surface area (Å²) in [6, 6.07) is 8.95. The van der Waals surface area contributed by atoms with Gasteiger partial charge in [-0.3, -0.25) is 19.2 Å². The van der Waals surface area contributed by atoms with E-state index in [0.717, 1.165) is 11.1 Å². The number of benzene rings is 1. The molecule has 3 aliphatic rings. The van der Waals surface area contributed by atoms with Crippen LogP contribution >= 0.6 is 0 Å². The number of alkyl carbamates (subject to hydrolysis) is 1. The minimum Gasteiger partial charge on any atom is -0.458 e. The van der Waals surface area contributed by atoms with Crippen molar-refractivity contribution in [2.75, 3.05) is 20.6 Å². The minimum atomic E-state index is -1.73. The highest BCUT2D eigenvalue weighted by molar-refractivity contribution is 6.00. The predicted octanol–water partition coefficient (Wildman–Crippen LogP) is 5.18. The summed E-state index contributed by atoms with van der Waals surface area (Å²) in [7, 11) is 3.66. The van der Waals surface area contributed by atoms with Crippen LogP contribution in [0.25, 0.3) is 17.5 Å². The number of hydrogen-bond donors (Lipinski definition) is 2. The number of rotatable bonds is 9. The van der Waals surface area contributed by atoms with Crippen molar-refractivity contribution in [1.82, 2.24) is 20.2 Å². The minimum absolute atomic E-state index is 0.0503. The van der Waals surface area contributed by atoms with Crippen LogP contribution in [0.2, 0.25) is 0 Å². The summed E-state index contributed by atoms with van der Waals surface area (Å²) < 4.78 is 30.9. The number of Topliss-reactive ketones (excluding diaryl/α,β-unsaturated/α-hetero) is 2. The van der Waals surface area contributed by atoms with E-state index in [0.29, 0.717) is 12.2 Å². The Morgan fingerprint density at radius 3 is 2.38 bits per heavy atom. The van der Waals surface area contributed by atoms with E-state index >= 15 is 0 Å². The third kappa shape index (κ3) is 10.3. The molecule has 3 fully saturated rings. The van der Waals surface area contributed by atoms with Crippen LogP contribution in [0.3, 0.4) is 0 Å². The summed E-state index contributed by atoms with van der Waals surface area (Å²) >= 11 is 0. The number of ether oxygens (including phenoxy) is 5. The van der Waals surface area contributed by atoms with Crippen LogP contribution in [-0.4, -0.2) is 118 Å². The van der Waals surface area contributed by atoms with Gasteiger partial charge in [-0.2, -0.15) is 0 Å². The van der Waals surface area contributed by atoms with Crippen LogP contribution in [0.15, 0.2) is 48.8 Å². The standard InChI is InChI=1S/C45H62N4O11/c1-11-34-45(8)32(23-35(50)59-45)27(4)36(51)25(2)24-44(7,60-43(55)48-18-13-16-30-15-12-17-31(22-30)40-46-19-14-20-47-40)39(28(5)37(52)29(6)41(54)57-34)58-42-38(53)33(49(9)10)21-26(3)56-42/h12-17,19-20,22,25-29,32-34,38-39,42,53H,11,18,21,23-24H2,1-10H3,(H,48,55)/t25-,26-,27?,28+,29-,32?,33+,34-,38-,39-,42?,44-,45+/m1/s1. The molecule has 5 rings (SSSR count). The van der Waals surface area contributed by atoms with Crippen molar-refractivity contribution >= 4 is 35.7 Å². The highest BCUT2D eigenvalue weighted by Gasteiger charge is 2.57. The molecule has 0 aliphatic carbocycles. The van der Waals surface area contributed by atoms with Gasteiger partial charge in [0.1, 0.15) is 41.2 Å². The first-order chi connectivity index (χ1) is 28.3. The van der Waals surface area contributed by atoms with Crippen molar-refractivity contribution in [2.45, 2.75) is 129 Å². The van der Waals surface area contributed by atoms with Crippen molar-refractivity contribution in [3.8, 4) is 11.4 Å². The van der Waals surface area contributed by atoms with E-state index in [-0.39, 0.29) is 43.7 Å². The van der Waals surface area contributed by atoms with Gasteiger partial charge in [0.25, 0.3) is 0 Å². The normalized spacial score (nSPS) is 35.7. The van der Waals surface area contributed by atoms with Gasteiger partial charge in [0.2, 0.25) is 0 Å². The van der Waals surface area contributed by atoms with E-state index in [1.165, 1.54) is 6.92 Å². The number of nitrogens with one attached hydrogen (secondary N) is 1. The molecule has 1 amide bonds. The number of aromatic nitrogens is 2. The van der Waals surface area contributed by atoms with E-state index < -0.39 is 89.2 Å². The van der Waals surface area contributed by atoms with Crippen LogP contribution < -0.4 is 5.32 Å². The number of aliphatic hydroxyl groups excluding tert-OH is 1. The molecular weight excluding hydrogens is 773 g/mol. The molecule has 2 N–H and O–H groups in total. The van der Waals surface area contributed by atoms with Crippen LogP contribution in [0, 0.1) is 29.6 Å². The van der Waals surface area contributed by atoms with Crippen LogP contribution in [-0.2, 0) is 42.9 Å². The zero-order chi connectivity index (χ0) is 44.1. The highest BCUT2D eigenvalue weighted by Crippen LogP contribution is 2.45. The Labute approximate surface area is 352 Å². The Kier molecular flexibility index (Phi) is 15.1. The summed E-state index contributed by atoms with van der Waals surface area (Å²) in [6.07, 6.45) is 1.52. The van der Waals surface area contributed by atoms with E-state index in [2.05, 4.69) is 15.3 Å². The summed E-state index contributed by atoms with van der Waals surface area (Å²) in [6.45, 7) is 13.3. The van der Waals surface area contributed by atoms with Gasteiger partial charge in [0.05, 0.1) is 12.5 Å². The molecule has 0 radical (unpaired) electrons. The Morgan fingerprint density at radius 2 is 1.72 bits per heavy atom. The first-order valence-electron chi connectivity index (χ1n) is 21.0. The molecule has 1 aromatic carbocycles. The number of cyclic esters (lactones) is 1. The highest BCUT2D eigenvalue weighted by atomic mass is 16.7. The second-order valence-electron chi connectivity index (χ2n) is 17.3. The van der Waals surface area contributed by atoms with Gasteiger partial charge < -0.3 is 39.0 Å². The SMILES string of the molecule is CC[C@H]1OC(=O)[C@H](C)C(=O)[C@H](C)[C@@H](OC2O[C@H](C)C[C@H](N(C)C)[C@H]2O)[C@](C)(OC(=O)NCC=Cc2cccc(-c3ncccn3)c2)C[C@@H](C)C(=O)C(C)C2CC(=O)O[C@@]21C. The topological polar surface area (TPSA) is 193 Å². The maximum absolute atomic E-state index is 14.5. The number of nitrogens with zero attached hydrogens (tertiary/aromatic N) is 3. The molecule has 13 atom stereocenters. The number of aliphatic hydroxyl groups is 1. The Morgan fingerprint density at radius 1 is 1.02 bits per heavy atom. The summed E-state index contributed by atoms with van der Waals surface area (Å²) in [4.78, 5) is 80.0. The number of ketones is 2. The molecule has 3 saturated heterocycles. The third-order valence-corrected chi connectivity index (χ3v) is 12.5. The fourth-order valence-electron chi connectivity index (χ4n) is 9.21. The maximum atomic E-state index is 14.5. The molecule has 0 bridgehead atoms. The van der Waals surface area contributed by atoms with Crippen molar-refractivity contribution in [1.29, 1.82) is 0 Å². The average Bonchev–Trinajstić information content (AvgIpc) is 3.53. The lowest BCUT2D eigenvalue weighted by Gasteiger charge is -2.47. The van der Waals surface area contributed by atoms with Crippen molar-refractivity contribution in [2.24, 2.45) is 29.6 Å². The molecule has 15 heteroatoms. The molecule has 1 aromatic heterocycles. The molecule has 3 aliphatic heterocycles. The van der Waals surface area contributed by atoms with Crippen LogP contribution in [0.1, 0.15) is 86.6 Å². The quantitative estimate of drug-likeness (QED) is 0.191. The molecule has 328 valence electrons. The number of carbonyl (C=O) groups is 5. The molecular formula is C45H62N4O11. The average molecular weight is 835 g/mol. The second-order valence-corrected chi connectivity index (χ2v) is 17.3. The first kappa shape index (κ1) is 46.5. The van der Waals surface area contributed by atoms with E-state index in [1.54, 1.807) is 66.1 Å². The Bertz CT molecular complexity index is 1890. The molecule has 4 heterocycles. The van der Waals surface area contributed by atoms with Crippen LogP contribution in [0.4, 0.5) is 4.79 Å². The Hall–Kier alpha value is -4.57. The largest absolute Gasteiger partial charge is 0.458 e. The molecule has 3 unspecified atom stereocenters. The molecule has 0 saturated carbocycles. The Balaban J connectivity index is 1.50. The van der Waals surface area contributed by atoms with Gasteiger partial charge in [0, 0.05) is 54.2 Å². The third-order valence-electron chi connectivity index (χ3n) is 12.5. The molecule has 15 nitrogen and oxygen atoms in total. The lowest BCUT2D eigenvalue weighted by molar-refractivity contribution is -0.292. The number of carbonyl (C=O) groups excluding carboxylic acids is 5. The van der Waals surface area contributed by atoms with Gasteiger partial charge >= 0.3 is 18.0 Å². The fourth-order valence-corrected chi connectivity index (χ4v) is 9.21. The zero-order valence-corrected chi connectivity index (χ0v) is 36.5. The first-order valence-corrected chi connectivity index (χ1v) is 21.0. The van der Waals surface area contributed by atoms with Crippen molar-refractivity contribution in [3.05, 3.63) is 54.4 Å². The lowest BCUT2D eigenvalue weighted by atomic mass is 9.70. The monoisotopic (exact) mass is 834 g/mol. The number of likely N-dealkylation sites (N-methyl/N-ethyl adjacent to an activating group) is 1. The molecule has 0 spiro atoms. The molecule has 60 heavy (non-hydrogen) atoms. The van der Waals surface area contributed by atoms with E-state index in [9.17, 15) is 29.1 Å². The number of fused-ring (bicyclic) bond motifs is 1. The van der Waals surface area contributed by atoms with Crippen molar-refractivity contribution < 1.29 is 52.8 Å². The number of esters is 2. The van der Waals surface area contributed by atoms with Crippen molar-refractivity contribution in [3.63, 3.8) is 0 Å². The van der Waals surface area contributed by atoms with Gasteiger partial charge in [-0.1, -0.05) is 58.0 Å². The van der Waals surface area contributed by atoms with E-state index in [4.69, 9.17) is 23.7 Å². The number of hydrogen-bond acceptors (Lipinski definition) is 14. The van der Waals surface area contributed by atoms with Gasteiger partial charge in [0.15, 0.2) is 17.9 Å². The van der Waals surface area contributed by atoms with Gasteiger partial charge in [-0.25, -0.2) is 14.8 Å². The van der Waals surface area contributed by atoms with E-state index in [1.807, 2.05) is 56.3 Å². The lowest BCUT2D eigenvalue weighted by Crippen LogP contribution is -2.60. The smallest absolute Gasteiger partial charge is 0.408 e. The van der Waals surface area contributed by atoms with Crippen LogP contribution in [0.5, 0.6) is 0 Å². The zero-order valence-electron chi connectivity index (χ0n) is 36.5. The van der Waals surface area contributed by atoms with Gasteiger partial charge in [-0.15, -0.1) is 0 Å². The maximum Gasteiger partial charge on any atom is 0.408 e. The second kappa shape index (κ2) is 19.4. The summed E-state index contributed by atoms with van der Waals surface area (Å²) in [5, 5.41) is 14.3. The molecule has 2 aromatic rings. The number of amides is 1. The fraction of sp³-hybridized carbons (Fsp3) is 0.622. The summed E-state index contributed by atoms with van der Waals surface area (Å²) in [5.41, 5.74) is -1.40. The predicted molar refractivity (Wildman–Crippen MR) is 221 cm³/mol.